The van der Waals surface area contributed by atoms with Crippen molar-refractivity contribution in [3.05, 3.63) is 22.9 Å². The van der Waals surface area contributed by atoms with Gasteiger partial charge in [-0.15, -0.1) is 0 Å². The van der Waals surface area contributed by atoms with Crippen molar-refractivity contribution in [2.75, 3.05) is 5.75 Å². The van der Waals surface area contributed by atoms with E-state index in [0.29, 0.717) is 10.6 Å². The van der Waals surface area contributed by atoms with Gasteiger partial charge in [-0.25, -0.2) is 9.78 Å². The third kappa shape index (κ3) is 3.75. The molecule has 0 fully saturated rings. The summed E-state index contributed by atoms with van der Waals surface area (Å²) >= 11 is 1.10. The van der Waals surface area contributed by atoms with Crippen LogP contribution in [0.1, 0.15) is 16.8 Å². The van der Waals surface area contributed by atoms with Crippen LogP contribution in [-0.2, 0) is 4.79 Å². The van der Waals surface area contributed by atoms with Gasteiger partial charge >= 0.3 is 6.03 Å². The zero-order valence-corrected chi connectivity index (χ0v) is 10.8. The summed E-state index contributed by atoms with van der Waals surface area (Å²) in [6, 6.07) is 2.95. The molecule has 0 aliphatic rings. The monoisotopic (exact) mass is 264 g/mol. The molecule has 0 radical (unpaired) electrons. The van der Waals surface area contributed by atoms with Crippen molar-refractivity contribution >= 4 is 23.7 Å². The minimum Gasteiger partial charge on any atom is -0.351 e. The number of amides is 3. The Labute approximate surface area is 109 Å². The van der Waals surface area contributed by atoms with Gasteiger partial charge in [-0.2, -0.15) is 5.26 Å². The number of imide groups is 1. The molecule has 18 heavy (non-hydrogen) atoms. The Morgan fingerprint density at radius 1 is 1.56 bits per heavy atom. The second kappa shape index (κ2) is 6.02. The van der Waals surface area contributed by atoms with Crippen LogP contribution in [0.15, 0.2) is 11.1 Å². The van der Waals surface area contributed by atoms with Gasteiger partial charge in [0.25, 0.3) is 0 Å². The van der Waals surface area contributed by atoms with Crippen LogP contribution in [0.4, 0.5) is 4.79 Å². The average molecular weight is 264 g/mol. The summed E-state index contributed by atoms with van der Waals surface area (Å²) < 4.78 is 0. The number of thioether (sulfide) groups is 1. The lowest BCUT2D eigenvalue weighted by molar-refractivity contribution is -0.117. The van der Waals surface area contributed by atoms with Gasteiger partial charge in [0.1, 0.15) is 11.1 Å². The average Bonchev–Trinajstić information content (AvgIpc) is 2.24. The Hall–Kier alpha value is -2.07. The van der Waals surface area contributed by atoms with Crippen LogP contribution in [0.2, 0.25) is 0 Å². The molecule has 1 aromatic rings. The van der Waals surface area contributed by atoms with E-state index in [1.54, 1.807) is 13.0 Å². The molecular formula is C11H12N4O2S. The number of rotatable bonds is 3. The third-order valence-electron chi connectivity index (χ3n) is 2.03. The fraction of sp³-hybridized carbons (Fsp3) is 0.273. The Morgan fingerprint density at radius 2 is 2.22 bits per heavy atom. The summed E-state index contributed by atoms with van der Waals surface area (Å²) in [5.74, 6) is -0.537. The molecule has 94 valence electrons. The van der Waals surface area contributed by atoms with E-state index in [2.05, 4.69) is 4.98 Å². The van der Waals surface area contributed by atoms with Gasteiger partial charge in [-0.3, -0.25) is 10.1 Å². The van der Waals surface area contributed by atoms with E-state index in [9.17, 15) is 9.59 Å². The highest BCUT2D eigenvalue weighted by atomic mass is 32.2. The minimum absolute atomic E-state index is 0.0203. The standard InChI is InChI=1S/C11H12N4O2S/c1-6-3-7(2)14-10(8(6)4-12)18-5-9(16)15-11(13)17/h3H,5H2,1-2H3,(H3,13,15,16,17). The molecule has 0 aliphatic carbocycles. The highest BCUT2D eigenvalue weighted by Crippen LogP contribution is 2.23. The van der Waals surface area contributed by atoms with Crippen molar-refractivity contribution in [1.82, 2.24) is 10.3 Å². The maximum Gasteiger partial charge on any atom is 0.318 e. The highest BCUT2D eigenvalue weighted by Gasteiger charge is 2.12. The lowest BCUT2D eigenvalue weighted by Gasteiger charge is -2.06. The minimum atomic E-state index is -0.894. The Morgan fingerprint density at radius 3 is 2.78 bits per heavy atom. The summed E-state index contributed by atoms with van der Waals surface area (Å²) in [6.45, 7) is 3.61. The van der Waals surface area contributed by atoms with Crippen molar-refractivity contribution in [2.45, 2.75) is 18.9 Å². The molecule has 6 nitrogen and oxygen atoms in total. The first kappa shape index (κ1) is 14.0. The fourth-order valence-corrected chi connectivity index (χ4v) is 2.25. The first-order chi connectivity index (χ1) is 8.43. The number of aromatic nitrogens is 1. The Bertz CT molecular complexity index is 537. The molecule has 0 saturated heterocycles. The number of hydrogen-bond acceptors (Lipinski definition) is 5. The number of aryl methyl sites for hydroxylation is 2. The predicted molar refractivity (Wildman–Crippen MR) is 66.9 cm³/mol. The van der Waals surface area contributed by atoms with E-state index < -0.39 is 11.9 Å². The number of carbonyl (C=O) groups excluding carboxylic acids is 2. The number of urea groups is 1. The second-order valence-corrected chi connectivity index (χ2v) is 4.54. The van der Waals surface area contributed by atoms with Crippen LogP contribution in [0.25, 0.3) is 0 Å². The Balaban J connectivity index is 2.82. The van der Waals surface area contributed by atoms with Crippen LogP contribution in [0.5, 0.6) is 0 Å². The van der Waals surface area contributed by atoms with E-state index >= 15 is 0 Å². The molecular weight excluding hydrogens is 252 g/mol. The normalized spacial score (nSPS) is 9.61. The molecule has 0 aromatic carbocycles. The molecule has 0 spiro atoms. The molecule has 1 aromatic heterocycles. The smallest absolute Gasteiger partial charge is 0.318 e. The summed E-state index contributed by atoms with van der Waals surface area (Å²) in [5, 5.41) is 11.5. The lowest BCUT2D eigenvalue weighted by atomic mass is 10.1. The van der Waals surface area contributed by atoms with E-state index in [-0.39, 0.29) is 5.75 Å². The van der Waals surface area contributed by atoms with E-state index in [1.807, 2.05) is 18.3 Å². The highest BCUT2D eigenvalue weighted by molar-refractivity contribution is 8.00. The quantitative estimate of drug-likeness (QED) is 0.787. The number of nitrogens with two attached hydrogens (primary N) is 1. The predicted octanol–water partition coefficient (Wildman–Crippen LogP) is 0.857. The van der Waals surface area contributed by atoms with Crippen LogP contribution < -0.4 is 11.1 Å². The van der Waals surface area contributed by atoms with Crippen molar-refractivity contribution < 1.29 is 9.59 Å². The van der Waals surface area contributed by atoms with Gasteiger partial charge in [0.05, 0.1) is 11.3 Å². The van der Waals surface area contributed by atoms with Crippen molar-refractivity contribution in [3.8, 4) is 6.07 Å². The second-order valence-electron chi connectivity index (χ2n) is 3.57. The molecule has 3 N–H and O–H groups in total. The van der Waals surface area contributed by atoms with Crippen molar-refractivity contribution in [3.63, 3.8) is 0 Å². The molecule has 1 rings (SSSR count). The van der Waals surface area contributed by atoms with E-state index in [4.69, 9.17) is 11.0 Å². The zero-order chi connectivity index (χ0) is 13.7. The van der Waals surface area contributed by atoms with Gasteiger partial charge in [0.2, 0.25) is 5.91 Å². The van der Waals surface area contributed by atoms with Crippen LogP contribution in [0, 0.1) is 25.2 Å². The molecule has 0 bridgehead atoms. The molecule has 1 heterocycles. The number of nitriles is 1. The first-order valence-corrected chi connectivity index (χ1v) is 6.03. The first-order valence-electron chi connectivity index (χ1n) is 5.04. The topological polar surface area (TPSA) is 109 Å². The summed E-state index contributed by atoms with van der Waals surface area (Å²) in [4.78, 5) is 25.9. The lowest BCUT2D eigenvalue weighted by Crippen LogP contribution is -2.36. The summed E-state index contributed by atoms with van der Waals surface area (Å²) in [7, 11) is 0. The van der Waals surface area contributed by atoms with Crippen LogP contribution in [-0.4, -0.2) is 22.7 Å². The van der Waals surface area contributed by atoms with Gasteiger partial charge in [-0.1, -0.05) is 11.8 Å². The number of nitrogens with one attached hydrogen (secondary N) is 1. The molecule has 0 atom stereocenters. The van der Waals surface area contributed by atoms with Crippen molar-refractivity contribution in [2.24, 2.45) is 5.73 Å². The molecule has 3 amide bonds. The van der Waals surface area contributed by atoms with E-state index in [0.717, 1.165) is 23.0 Å². The van der Waals surface area contributed by atoms with E-state index in [1.165, 1.54) is 0 Å². The molecule has 0 aliphatic heterocycles. The number of nitrogens with zero attached hydrogens (tertiary/aromatic N) is 2. The largest absolute Gasteiger partial charge is 0.351 e. The maximum absolute atomic E-state index is 11.3. The number of primary amides is 1. The zero-order valence-electron chi connectivity index (χ0n) is 9.98. The maximum atomic E-state index is 11.3. The van der Waals surface area contributed by atoms with Crippen LogP contribution in [0.3, 0.4) is 0 Å². The third-order valence-corrected chi connectivity index (χ3v) is 3.00. The van der Waals surface area contributed by atoms with Crippen molar-refractivity contribution in [1.29, 1.82) is 5.26 Å². The molecule has 0 unspecified atom stereocenters. The molecule has 0 saturated carbocycles. The van der Waals surface area contributed by atoms with Gasteiger partial charge in [0.15, 0.2) is 0 Å². The van der Waals surface area contributed by atoms with Crippen LogP contribution >= 0.6 is 11.8 Å². The summed E-state index contributed by atoms with van der Waals surface area (Å²) in [5.41, 5.74) is 6.84. The summed E-state index contributed by atoms with van der Waals surface area (Å²) in [6.07, 6.45) is 0. The SMILES string of the molecule is Cc1cc(C)c(C#N)c(SCC(=O)NC(N)=O)n1. The number of carbonyl (C=O) groups is 2. The molecule has 7 heteroatoms. The van der Waals surface area contributed by atoms with Gasteiger partial charge in [0, 0.05) is 5.69 Å². The number of pyridine rings is 1. The Kier molecular flexibility index (Phi) is 4.68. The fourth-order valence-electron chi connectivity index (χ4n) is 1.35. The number of hydrogen-bond donors (Lipinski definition) is 2. The van der Waals surface area contributed by atoms with Gasteiger partial charge < -0.3 is 5.73 Å². The van der Waals surface area contributed by atoms with Gasteiger partial charge in [-0.05, 0) is 25.5 Å².